The van der Waals surface area contributed by atoms with E-state index < -0.39 is 0 Å². The molecule has 6 heteroatoms. The molecule has 0 spiro atoms. The van der Waals surface area contributed by atoms with Crippen molar-refractivity contribution in [3.8, 4) is 17.1 Å². The number of benzene rings is 3. The molecule has 4 aromatic rings. The summed E-state index contributed by atoms with van der Waals surface area (Å²) in [5.41, 5.74) is 5.29. The van der Waals surface area contributed by atoms with Crippen LogP contribution in [0.4, 0.5) is 5.69 Å². The SMILES string of the molecule is Cc1ccc(NC(=O)COc2c(-c3ccccc3Cl)oc3cc(C)c(C)cc3c2=O)c(C)c1. The number of fused-ring (bicyclic) bond motifs is 1. The van der Waals surface area contributed by atoms with Gasteiger partial charge in [0.2, 0.25) is 11.2 Å². The summed E-state index contributed by atoms with van der Waals surface area (Å²) in [6.07, 6.45) is 0. The molecule has 0 aliphatic heterocycles. The molecule has 0 saturated heterocycles. The number of hydrogen-bond donors (Lipinski definition) is 1. The lowest BCUT2D eigenvalue weighted by molar-refractivity contribution is -0.118. The molecule has 0 fully saturated rings. The fourth-order valence-electron chi connectivity index (χ4n) is 3.66. The molecule has 1 amide bonds. The van der Waals surface area contributed by atoms with Gasteiger partial charge in [-0.05, 0) is 74.7 Å². The molecule has 1 heterocycles. The van der Waals surface area contributed by atoms with Crippen LogP contribution in [0.15, 0.2) is 63.8 Å². The van der Waals surface area contributed by atoms with Gasteiger partial charge in [-0.25, -0.2) is 0 Å². The molecular weight excluding hydrogens is 438 g/mol. The van der Waals surface area contributed by atoms with E-state index in [1.807, 2.05) is 52.0 Å². The van der Waals surface area contributed by atoms with Crippen LogP contribution in [0.1, 0.15) is 22.3 Å². The summed E-state index contributed by atoms with van der Waals surface area (Å²) in [4.78, 5) is 26.0. The van der Waals surface area contributed by atoms with Crippen LogP contribution in [0.25, 0.3) is 22.3 Å². The summed E-state index contributed by atoms with van der Waals surface area (Å²) in [6, 6.07) is 16.4. The van der Waals surface area contributed by atoms with Crippen LogP contribution in [0.3, 0.4) is 0 Å². The van der Waals surface area contributed by atoms with E-state index in [4.69, 9.17) is 20.8 Å². The van der Waals surface area contributed by atoms with E-state index in [0.717, 1.165) is 22.3 Å². The Bertz CT molecular complexity index is 1440. The minimum atomic E-state index is -0.383. The minimum absolute atomic E-state index is 0.0466. The van der Waals surface area contributed by atoms with Gasteiger partial charge < -0.3 is 14.5 Å². The number of ether oxygens (including phenoxy) is 1. The van der Waals surface area contributed by atoms with E-state index in [2.05, 4.69) is 5.32 Å². The van der Waals surface area contributed by atoms with Crippen molar-refractivity contribution < 1.29 is 13.9 Å². The zero-order valence-corrected chi connectivity index (χ0v) is 19.7. The first-order valence-corrected chi connectivity index (χ1v) is 10.9. The molecule has 0 atom stereocenters. The first-order chi connectivity index (χ1) is 15.7. The average molecular weight is 462 g/mol. The molecule has 0 saturated carbocycles. The Morgan fingerprint density at radius 2 is 1.70 bits per heavy atom. The maximum absolute atomic E-state index is 13.4. The zero-order chi connectivity index (χ0) is 23.7. The van der Waals surface area contributed by atoms with Gasteiger partial charge >= 0.3 is 0 Å². The molecule has 0 radical (unpaired) electrons. The van der Waals surface area contributed by atoms with E-state index in [-0.39, 0.29) is 29.5 Å². The molecule has 1 N–H and O–H groups in total. The summed E-state index contributed by atoms with van der Waals surface area (Å²) in [5.74, 6) is -0.234. The Balaban J connectivity index is 1.73. The van der Waals surface area contributed by atoms with Gasteiger partial charge in [0.1, 0.15) is 5.58 Å². The van der Waals surface area contributed by atoms with Crippen molar-refractivity contribution in [3.63, 3.8) is 0 Å². The Morgan fingerprint density at radius 3 is 2.42 bits per heavy atom. The molecular formula is C27H24ClNO4. The van der Waals surface area contributed by atoms with Crippen LogP contribution in [-0.4, -0.2) is 12.5 Å². The topological polar surface area (TPSA) is 68.5 Å². The van der Waals surface area contributed by atoms with Crippen LogP contribution in [-0.2, 0) is 4.79 Å². The predicted octanol–water partition coefficient (Wildman–Crippen LogP) is 6.36. The fourth-order valence-corrected chi connectivity index (χ4v) is 3.89. The van der Waals surface area contributed by atoms with E-state index >= 15 is 0 Å². The Labute approximate surface area is 197 Å². The van der Waals surface area contributed by atoms with Crippen molar-refractivity contribution in [1.82, 2.24) is 0 Å². The highest BCUT2D eigenvalue weighted by Crippen LogP contribution is 2.35. The van der Waals surface area contributed by atoms with Crippen molar-refractivity contribution in [1.29, 1.82) is 0 Å². The van der Waals surface area contributed by atoms with Crippen molar-refractivity contribution in [2.24, 2.45) is 0 Å². The van der Waals surface area contributed by atoms with Crippen molar-refractivity contribution >= 4 is 34.2 Å². The van der Waals surface area contributed by atoms with Gasteiger partial charge in [-0.15, -0.1) is 0 Å². The molecule has 4 rings (SSSR count). The standard InChI is InChI=1S/C27H24ClNO4/c1-15-9-10-22(18(4)11-15)29-24(30)14-32-27-25(31)20-12-16(2)17(3)13-23(20)33-26(27)19-7-5-6-8-21(19)28/h5-13H,14H2,1-4H3,(H,29,30). The van der Waals surface area contributed by atoms with Gasteiger partial charge in [-0.2, -0.15) is 0 Å². The van der Waals surface area contributed by atoms with Gasteiger partial charge in [0.25, 0.3) is 5.91 Å². The maximum Gasteiger partial charge on any atom is 0.262 e. The molecule has 0 aliphatic rings. The normalized spacial score (nSPS) is 10.9. The van der Waals surface area contributed by atoms with E-state index in [1.165, 1.54) is 0 Å². The van der Waals surface area contributed by atoms with E-state index in [1.54, 1.807) is 30.3 Å². The number of carbonyl (C=O) groups excluding carboxylic acids is 1. The Kier molecular flexibility index (Phi) is 6.25. The number of hydrogen-bond acceptors (Lipinski definition) is 4. The average Bonchev–Trinajstić information content (AvgIpc) is 2.77. The number of rotatable bonds is 5. The van der Waals surface area contributed by atoms with Crippen molar-refractivity contribution in [2.75, 3.05) is 11.9 Å². The van der Waals surface area contributed by atoms with E-state index in [9.17, 15) is 9.59 Å². The highest BCUT2D eigenvalue weighted by atomic mass is 35.5. The van der Waals surface area contributed by atoms with Crippen molar-refractivity contribution in [3.05, 3.63) is 92.1 Å². The molecule has 0 bridgehead atoms. The smallest absolute Gasteiger partial charge is 0.262 e. The molecule has 33 heavy (non-hydrogen) atoms. The lowest BCUT2D eigenvalue weighted by Gasteiger charge is -2.14. The highest BCUT2D eigenvalue weighted by Gasteiger charge is 2.21. The quantitative estimate of drug-likeness (QED) is 0.375. The Morgan fingerprint density at radius 1 is 0.970 bits per heavy atom. The Hall–Kier alpha value is -3.57. The summed E-state index contributed by atoms with van der Waals surface area (Å²) in [5, 5.41) is 3.63. The molecule has 5 nitrogen and oxygen atoms in total. The van der Waals surface area contributed by atoms with E-state index in [0.29, 0.717) is 27.2 Å². The van der Waals surface area contributed by atoms with Gasteiger partial charge in [-0.3, -0.25) is 9.59 Å². The summed E-state index contributed by atoms with van der Waals surface area (Å²) >= 11 is 6.39. The van der Waals surface area contributed by atoms with Gasteiger partial charge in [0.05, 0.1) is 10.4 Å². The third-order valence-electron chi connectivity index (χ3n) is 5.59. The van der Waals surface area contributed by atoms with Crippen LogP contribution in [0, 0.1) is 27.7 Å². The molecule has 3 aromatic carbocycles. The monoisotopic (exact) mass is 461 g/mol. The summed E-state index contributed by atoms with van der Waals surface area (Å²) < 4.78 is 11.9. The van der Waals surface area contributed by atoms with Crippen LogP contribution in [0.2, 0.25) is 5.02 Å². The summed E-state index contributed by atoms with van der Waals surface area (Å²) in [7, 11) is 0. The predicted molar refractivity (Wildman–Crippen MR) is 132 cm³/mol. The highest BCUT2D eigenvalue weighted by molar-refractivity contribution is 6.33. The number of amides is 1. The van der Waals surface area contributed by atoms with Gasteiger partial charge in [-0.1, -0.05) is 41.4 Å². The minimum Gasteiger partial charge on any atom is -0.476 e. The zero-order valence-electron chi connectivity index (χ0n) is 18.9. The largest absolute Gasteiger partial charge is 0.476 e. The molecule has 0 aliphatic carbocycles. The van der Waals surface area contributed by atoms with Crippen LogP contribution >= 0.6 is 11.6 Å². The number of carbonyl (C=O) groups is 1. The molecule has 168 valence electrons. The lowest BCUT2D eigenvalue weighted by Crippen LogP contribution is -2.23. The third kappa shape index (κ3) is 4.64. The lowest BCUT2D eigenvalue weighted by atomic mass is 10.0. The first-order valence-electron chi connectivity index (χ1n) is 10.6. The number of halogens is 1. The first kappa shape index (κ1) is 22.6. The van der Waals surface area contributed by atoms with Crippen molar-refractivity contribution in [2.45, 2.75) is 27.7 Å². The third-order valence-corrected chi connectivity index (χ3v) is 5.92. The van der Waals surface area contributed by atoms with Gasteiger partial charge in [0.15, 0.2) is 12.4 Å². The second-order valence-corrected chi connectivity index (χ2v) is 8.56. The van der Waals surface area contributed by atoms with Crippen LogP contribution < -0.4 is 15.5 Å². The van der Waals surface area contributed by atoms with Gasteiger partial charge in [0, 0.05) is 11.3 Å². The number of anilines is 1. The number of nitrogens with one attached hydrogen (secondary N) is 1. The molecule has 1 aromatic heterocycles. The second-order valence-electron chi connectivity index (χ2n) is 8.16. The second kappa shape index (κ2) is 9.12. The maximum atomic E-state index is 13.4. The summed E-state index contributed by atoms with van der Waals surface area (Å²) in [6.45, 7) is 7.42. The molecule has 0 unspecified atom stereocenters. The fraction of sp³-hybridized carbons (Fsp3) is 0.185. The van der Waals surface area contributed by atoms with Crippen LogP contribution in [0.5, 0.6) is 5.75 Å². The number of aryl methyl sites for hydroxylation is 4.